The number of benzene rings is 1. The highest BCUT2D eigenvalue weighted by Gasteiger charge is 2.46. The summed E-state index contributed by atoms with van der Waals surface area (Å²) in [5.41, 5.74) is 0.583. The molecule has 2 aromatic heterocycles. The molecule has 0 saturated carbocycles. The van der Waals surface area contributed by atoms with Gasteiger partial charge in [-0.05, 0) is 12.5 Å². The van der Waals surface area contributed by atoms with Gasteiger partial charge in [-0.2, -0.15) is 18.3 Å². The number of alkyl halides is 3. The minimum Gasteiger partial charge on any atom is -0.363 e. The highest BCUT2D eigenvalue weighted by atomic mass is 19.4. The number of nitrogens with one attached hydrogen (secondary N) is 2. The molecule has 3 heterocycles. The Labute approximate surface area is 157 Å². The maximum Gasteiger partial charge on any atom is 0.410 e. The lowest BCUT2D eigenvalue weighted by Crippen LogP contribution is -2.35. The average molecular weight is 391 g/mol. The van der Waals surface area contributed by atoms with Crippen molar-refractivity contribution in [3.63, 3.8) is 0 Å². The van der Waals surface area contributed by atoms with Gasteiger partial charge in [-0.1, -0.05) is 35.5 Å². The van der Waals surface area contributed by atoms with Gasteiger partial charge in [0.15, 0.2) is 17.6 Å². The molecule has 0 spiro atoms. The van der Waals surface area contributed by atoms with Crippen LogP contribution in [0.1, 0.15) is 40.3 Å². The standard InChI is InChI=1S/C18H16F3N5O2/c1-10-7-15(25-28-10)23-17(27)13-9-16-22-12(11-5-3-2-4-6-11)8-14(18(19,20)21)26(16)24-13/h2-7,9,12,14,22H,8H2,1H3,(H,23,25,27)/t12-,14+/m1/s1. The summed E-state index contributed by atoms with van der Waals surface area (Å²) < 4.78 is 46.7. The lowest BCUT2D eigenvalue weighted by atomic mass is 9.97. The van der Waals surface area contributed by atoms with Gasteiger partial charge in [0, 0.05) is 18.6 Å². The maximum atomic E-state index is 13.7. The predicted molar refractivity (Wildman–Crippen MR) is 93.9 cm³/mol. The van der Waals surface area contributed by atoms with Crippen LogP contribution in [0.15, 0.2) is 47.0 Å². The van der Waals surface area contributed by atoms with Crippen LogP contribution in [-0.2, 0) is 0 Å². The molecule has 0 unspecified atom stereocenters. The van der Waals surface area contributed by atoms with Crippen molar-refractivity contribution in [1.82, 2.24) is 14.9 Å². The van der Waals surface area contributed by atoms with Crippen molar-refractivity contribution < 1.29 is 22.5 Å². The first kappa shape index (κ1) is 18.1. The number of rotatable bonds is 3. The van der Waals surface area contributed by atoms with Gasteiger partial charge in [0.25, 0.3) is 5.91 Å². The Hall–Kier alpha value is -3.30. The highest BCUT2D eigenvalue weighted by molar-refractivity contribution is 6.02. The molecule has 7 nitrogen and oxygen atoms in total. The van der Waals surface area contributed by atoms with E-state index in [9.17, 15) is 18.0 Å². The van der Waals surface area contributed by atoms with Gasteiger partial charge in [0.05, 0.1) is 6.04 Å². The molecule has 0 aliphatic carbocycles. The van der Waals surface area contributed by atoms with E-state index >= 15 is 0 Å². The fourth-order valence-corrected chi connectivity index (χ4v) is 3.19. The van der Waals surface area contributed by atoms with Crippen molar-refractivity contribution >= 4 is 17.5 Å². The summed E-state index contributed by atoms with van der Waals surface area (Å²) in [6.45, 7) is 1.65. The topological polar surface area (TPSA) is 85.0 Å². The van der Waals surface area contributed by atoms with Gasteiger partial charge in [0.1, 0.15) is 11.6 Å². The van der Waals surface area contributed by atoms with E-state index < -0.39 is 24.2 Å². The third kappa shape index (κ3) is 3.45. The fourth-order valence-electron chi connectivity index (χ4n) is 3.19. The molecule has 0 fully saturated rings. The highest BCUT2D eigenvalue weighted by Crippen LogP contribution is 2.43. The third-order valence-corrected chi connectivity index (χ3v) is 4.49. The van der Waals surface area contributed by atoms with E-state index in [1.165, 1.54) is 12.1 Å². The van der Waals surface area contributed by atoms with E-state index in [1.807, 2.05) is 0 Å². The first-order valence-corrected chi connectivity index (χ1v) is 8.53. The summed E-state index contributed by atoms with van der Waals surface area (Å²) in [5.74, 6) is 0.109. The molecule has 1 aliphatic rings. The Bertz CT molecular complexity index is 996. The largest absolute Gasteiger partial charge is 0.410 e. The normalized spacial score (nSPS) is 19.0. The number of aromatic nitrogens is 3. The molecule has 3 aromatic rings. The molecule has 1 aliphatic heterocycles. The van der Waals surface area contributed by atoms with Crippen LogP contribution in [0.5, 0.6) is 0 Å². The van der Waals surface area contributed by atoms with E-state index in [0.717, 1.165) is 10.2 Å². The zero-order chi connectivity index (χ0) is 19.9. The average Bonchev–Trinajstić information content (AvgIpc) is 3.26. The van der Waals surface area contributed by atoms with Gasteiger partial charge in [-0.15, -0.1) is 0 Å². The van der Waals surface area contributed by atoms with E-state index in [2.05, 4.69) is 20.9 Å². The maximum absolute atomic E-state index is 13.7. The van der Waals surface area contributed by atoms with Crippen molar-refractivity contribution in [3.05, 3.63) is 59.5 Å². The molecule has 0 radical (unpaired) electrons. The number of carbonyl (C=O) groups is 1. The van der Waals surface area contributed by atoms with E-state index in [1.54, 1.807) is 37.3 Å². The summed E-state index contributed by atoms with van der Waals surface area (Å²) in [6, 6.07) is 9.26. The minimum absolute atomic E-state index is 0.129. The van der Waals surface area contributed by atoms with Gasteiger partial charge in [-0.25, -0.2) is 4.68 Å². The Morgan fingerprint density at radius 2 is 2.04 bits per heavy atom. The van der Waals surface area contributed by atoms with Crippen LogP contribution in [0.2, 0.25) is 0 Å². The van der Waals surface area contributed by atoms with Crippen LogP contribution in [-0.4, -0.2) is 27.0 Å². The van der Waals surface area contributed by atoms with Gasteiger partial charge in [-0.3, -0.25) is 4.79 Å². The summed E-state index contributed by atoms with van der Waals surface area (Å²) in [7, 11) is 0. The summed E-state index contributed by atoms with van der Waals surface area (Å²) in [5, 5.41) is 13.0. The van der Waals surface area contributed by atoms with Crippen LogP contribution >= 0.6 is 0 Å². The molecule has 146 valence electrons. The molecule has 1 amide bonds. The Morgan fingerprint density at radius 1 is 1.29 bits per heavy atom. The number of hydrogen-bond acceptors (Lipinski definition) is 5. The van der Waals surface area contributed by atoms with Crippen LogP contribution in [0.4, 0.5) is 24.8 Å². The van der Waals surface area contributed by atoms with E-state index in [0.29, 0.717) is 5.76 Å². The Kier molecular flexibility index (Phi) is 4.33. The van der Waals surface area contributed by atoms with E-state index in [4.69, 9.17) is 4.52 Å². The Balaban J connectivity index is 1.65. The van der Waals surface area contributed by atoms with Crippen LogP contribution in [0.25, 0.3) is 0 Å². The van der Waals surface area contributed by atoms with Gasteiger partial charge in [0.2, 0.25) is 0 Å². The number of fused-ring (bicyclic) bond motifs is 1. The Morgan fingerprint density at radius 3 is 2.68 bits per heavy atom. The number of hydrogen-bond donors (Lipinski definition) is 2. The smallest absolute Gasteiger partial charge is 0.363 e. The van der Waals surface area contributed by atoms with E-state index in [-0.39, 0.29) is 23.8 Å². The first-order chi connectivity index (χ1) is 13.3. The van der Waals surface area contributed by atoms with Crippen molar-refractivity contribution in [1.29, 1.82) is 0 Å². The van der Waals surface area contributed by atoms with Crippen LogP contribution < -0.4 is 10.6 Å². The number of carbonyl (C=O) groups excluding carboxylic acids is 1. The summed E-state index contributed by atoms with van der Waals surface area (Å²) >= 11 is 0. The molecule has 1 aromatic carbocycles. The third-order valence-electron chi connectivity index (χ3n) is 4.49. The monoisotopic (exact) mass is 391 g/mol. The second-order valence-electron chi connectivity index (χ2n) is 6.54. The predicted octanol–water partition coefficient (Wildman–Crippen LogP) is 4.09. The SMILES string of the molecule is Cc1cc(NC(=O)c2cc3n(n2)[C@H](C(F)(F)F)C[C@H](c2ccccc2)N3)no1. The van der Waals surface area contributed by atoms with Crippen molar-refractivity contribution in [3.8, 4) is 0 Å². The molecular formula is C18H16F3N5O2. The van der Waals surface area contributed by atoms with Gasteiger partial charge >= 0.3 is 6.18 Å². The minimum atomic E-state index is -4.51. The molecule has 4 rings (SSSR count). The molecular weight excluding hydrogens is 375 g/mol. The van der Waals surface area contributed by atoms with Crippen molar-refractivity contribution in [2.24, 2.45) is 0 Å². The quantitative estimate of drug-likeness (QED) is 0.702. The first-order valence-electron chi connectivity index (χ1n) is 8.53. The summed E-state index contributed by atoms with van der Waals surface area (Å²) in [4.78, 5) is 12.4. The molecule has 28 heavy (non-hydrogen) atoms. The fraction of sp³-hybridized carbons (Fsp3) is 0.278. The zero-order valence-electron chi connectivity index (χ0n) is 14.7. The summed E-state index contributed by atoms with van der Waals surface area (Å²) in [6.07, 6.45) is -4.74. The second kappa shape index (κ2) is 6.70. The molecule has 2 N–H and O–H groups in total. The van der Waals surface area contributed by atoms with Crippen molar-refractivity contribution in [2.45, 2.75) is 31.6 Å². The van der Waals surface area contributed by atoms with Crippen LogP contribution in [0, 0.1) is 6.92 Å². The number of amides is 1. The number of anilines is 2. The molecule has 0 saturated heterocycles. The number of halogens is 3. The number of aryl methyl sites for hydroxylation is 1. The van der Waals surface area contributed by atoms with Crippen LogP contribution in [0.3, 0.4) is 0 Å². The molecule has 0 bridgehead atoms. The zero-order valence-corrected chi connectivity index (χ0v) is 14.7. The molecule has 2 atom stereocenters. The van der Waals surface area contributed by atoms with Crippen molar-refractivity contribution in [2.75, 3.05) is 10.6 Å². The second-order valence-corrected chi connectivity index (χ2v) is 6.54. The molecule has 10 heteroatoms. The van der Waals surface area contributed by atoms with Gasteiger partial charge < -0.3 is 15.2 Å². The lowest BCUT2D eigenvalue weighted by Gasteiger charge is -2.33. The lowest BCUT2D eigenvalue weighted by molar-refractivity contribution is -0.173. The number of nitrogens with zero attached hydrogens (tertiary/aromatic N) is 3.